The molecule has 6 heavy (non-hydrogen) atoms. The van der Waals surface area contributed by atoms with Gasteiger partial charge in [0.05, 0.1) is 4.83 Å². The highest BCUT2D eigenvalue weighted by atomic mass is 79.9. The Balaban J connectivity index is 2.99. The van der Waals surface area contributed by atoms with Gasteiger partial charge in [0, 0.05) is 0 Å². The lowest BCUT2D eigenvalue weighted by molar-refractivity contribution is 0.159. The summed E-state index contributed by atoms with van der Waals surface area (Å²) < 4.78 is 22.1. The summed E-state index contributed by atoms with van der Waals surface area (Å²) in [5.74, 6) is 0. The van der Waals surface area contributed by atoms with E-state index in [9.17, 15) is 8.78 Å². The third-order valence-corrected chi connectivity index (χ3v) is 0.673. The molecule has 0 aromatic heterocycles. The number of halogens is 3. The quantitative estimate of drug-likeness (QED) is 0.510. The molecule has 0 heterocycles. The van der Waals surface area contributed by atoms with Crippen LogP contribution in [0, 0.1) is 6.92 Å². The van der Waals surface area contributed by atoms with Gasteiger partial charge in [0.15, 0.2) is 0 Å². The molecule has 0 aliphatic rings. The minimum atomic E-state index is -2.34. The molecule has 0 rings (SSSR count). The van der Waals surface area contributed by atoms with Gasteiger partial charge in [-0.1, -0.05) is 15.9 Å². The van der Waals surface area contributed by atoms with Gasteiger partial charge in [0.1, 0.15) is 0 Å². The van der Waals surface area contributed by atoms with E-state index in [1.807, 2.05) is 0 Å². The highest BCUT2D eigenvalue weighted by molar-refractivity contribution is 9.09. The first-order valence-electron chi connectivity index (χ1n) is 1.40. The topological polar surface area (TPSA) is 0 Å². The molecule has 1 radical (unpaired) electrons. The van der Waals surface area contributed by atoms with Gasteiger partial charge in [-0.25, -0.2) is 8.78 Å². The molecule has 0 aliphatic carbocycles. The van der Waals surface area contributed by atoms with E-state index in [1.165, 1.54) is 0 Å². The van der Waals surface area contributed by atoms with E-state index >= 15 is 0 Å². The molecule has 37 valence electrons. The van der Waals surface area contributed by atoms with Gasteiger partial charge in [0.25, 0.3) is 6.43 Å². The maximum atomic E-state index is 11.0. The van der Waals surface area contributed by atoms with Crippen molar-refractivity contribution in [3.63, 3.8) is 0 Å². The molecule has 1 atom stereocenters. The first-order chi connectivity index (χ1) is 2.64. The molecule has 0 N–H and O–H groups in total. The molecule has 0 spiro atoms. The van der Waals surface area contributed by atoms with Gasteiger partial charge < -0.3 is 0 Å². The lowest BCUT2D eigenvalue weighted by atomic mass is 10.5. The van der Waals surface area contributed by atoms with Crippen LogP contribution in [-0.2, 0) is 0 Å². The zero-order valence-corrected chi connectivity index (χ0v) is 4.58. The van der Waals surface area contributed by atoms with Crippen LogP contribution < -0.4 is 0 Å². The zero-order valence-electron chi connectivity index (χ0n) is 3.00. The molecule has 0 saturated heterocycles. The average molecular weight is 158 g/mol. The maximum absolute atomic E-state index is 11.0. The molecule has 0 aliphatic heterocycles. The van der Waals surface area contributed by atoms with Crippen LogP contribution in [0.15, 0.2) is 0 Å². The molecule has 0 saturated carbocycles. The lowest BCUT2D eigenvalue weighted by Crippen LogP contribution is -2.02. The Morgan fingerprint density at radius 1 is 1.50 bits per heavy atom. The molecule has 3 heteroatoms. The van der Waals surface area contributed by atoms with Crippen molar-refractivity contribution in [1.82, 2.24) is 0 Å². The summed E-state index contributed by atoms with van der Waals surface area (Å²) in [7, 11) is 0. The smallest absolute Gasteiger partial charge is 0.209 e. The Labute approximate surface area is 43.7 Å². The van der Waals surface area contributed by atoms with Crippen LogP contribution in [0.4, 0.5) is 8.78 Å². The van der Waals surface area contributed by atoms with Crippen LogP contribution in [0.1, 0.15) is 0 Å². The summed E-state index contributed by atoms with van der Waals surface area (Å²) in [4.78, 5) is -0.919. The van der Waals surface area contributed by atoms with E-state index in [0.29, 0.717) is 0 Å². The molecule has 0 nitrogen and oxygen atoms in total. The summed E-state index contributed by atoms with van der Waals surface area (Å²) in [6.07, 6.45) is -2.34. The highest BCUT2D eigenvalue weighted by Crippen LogP contribution is 2.07. The van der Waals surface area contributed by atoms with E-state index in [-0.39, 0.29) is 0 Å². The first-order valence-corrected chi connectivity index (χ1v) is 2.31. The molecule has 0 aromatic carbocycles. The molecule has 0 fully saturated rings. The Bertz CT molecular complexity index is 29.8. The summed E-state index contributed by atoms with van der Waals surface area (Å²) in [6, 6.07) is 0. The van der Waals surface area contributed by atoms with Gasteiger partial charge in [-0.2, -0.15) is 0 Å². The fourth-order valence-corrected chi connectivity index (χ4v) is 0. The Morgan fingerprint density at radius 3 is 1.67 bits per heavy atom. The molecule has 0 aromatic rings. The maximum Gasteiger partial charge on any atom is 0.250 e. The number of hydrogen-bond donors (Lipinski definition) is 0. The monoisotopic (exact) mass is 157 g/mol. The predicted octanol–water partition coefficient (Wildman–Crippen LogP) is 1.85. The van der Waals surface area contributed by atoms with Crippen LogP contribution in [-0.4, -0.2) is 11.3 Å². The molecule has 0 amide bonds. The Morgan fingerprint density at radius 2 is 1.67 bits per heavy atom. The second-order valence-electron chi connectivity index (χ2n) is 0.850. The van der Waals surface area contributed by atoms with Gasteiger partial charge in [-0.3, -0.25) is 0 Å². The number of rotatable bonds is 1. The van der Waals surface area contributed by atoms with E-state index in [1.54, 1.807) is 0 Å². The summed E-state index contributed by atoms with van der Waals surface area (Å²) >= 11 is 2.58. The van der Waals surface area contributed by atoms with Crippen LogP contribution >= 0.6 is 15.9 Å². The molecule has 0 bridgehead atoms. The van der Waals surface area contributed by atoms with Crippen molar-refractivity contribution in [3.8, 4) is 0 Å². The Kier molecular flexibility index (Phi) is 2.64. The van der Waals surface area contributed by atoms with Crippen LogP contribution in [0.25, 0.3) is 0 Å². The summed E-state index contributed by atoms with van der Waals surface area (Å²) in [5, 5.41) is 0. The van der Waals surface area contributed by atoms with Crippen LogP contribution in [0.5, 0.6) is 0 Å². The van der Waals surface area contributed by atoms with Crippen molar-refractivity contribution in [3.05, 3.63) is 6.92 Å². The van der Waals surface area contributed by atoms with Crippen molar-refractivity contribution in [2.45, 2.75) is 11.3 Å². The summed E-state index contributed by atoms with van der Waals surface area (Å²) in [6.45, 7) is 3.00. The second-order valence-corrected chi connectivity index (χ2v) is 2.03. The Hall–Kier alpha value is 0.340. The first kappa shape index (κ1) is 6.34. The third-order valence-electron chi connectivity index (χ3n) is 0.273. The largest absolute Gasteiger partial charge is 0.250 e. The number of hydrogen-bond acceptors (Lipinski definition) is 0. The molecular formula is C3H4BrF2. The third kappa shape index (κ3) is 2.57. The predicted molar refractivity (Wildman–Crippen MR) is 24.1 cm³/mol. The molecule has 1 unspecified atom stereocenters. The zero-order chi connectivity index (χ0) is 5.15. The van der Waals surface area contributed by atoms with Gasteiger partial charge in [-0.05, 0) is 6.92 Å². The number of alkyl halides is 3. The van der Waals surface area contributed by atoms with Crippen LogP contribution in [0.2, 0.25) is 0 Å². The van der Waals surface area contributed by atoms with E-state index < -0.39 is 11.3 Å². The van der Waals surface area contributed by atoms with Gasteiger partial charge in [-0.15, -0.1) is 0 Å². The van der Waals surface area contributed by atoms with Crippen LogP contribution in [0.3, 0.4) is 0 Å². The fraction of sp³-hybridized carbons (Fsp3) is 0.667. The van der Waals surface area contributed by atoms with Crippen molar-refractivity contribution < 1.29 is 8.78 Å². The lowest BCUT2D eigenvalue weighted by Gasteiger charge is -1.94. The second kappa shape index (κ2) is 2.50. The standard InChI is InChI=1S/C3H4BrF2/c1-2(4)3(5)6/h2-3H,1H2. The normalized spacial score (nSPS) is 15.5. The SMILES string of the molecule is [CH2]C(Br)C(F)F. The average Bonchev–Trinajstić information content (AvgIpc) is 1.36. The van der Waals surface area contributed by atoms with Crippen molar-refractivity contribution in [2.24, 2.45) is 0 Å². The highest BCUT2D eigenvalue weighted by Gasteiger charge is 2.07. The fourth-order valence-electron chi connectivity index (χ4n) is 0. The van der Waals surface area contributed by atoms with Gasteiger partial charge >= 0.3 is 0 Å². The van der Waals surface area contributed by atoms with E-state index in [0.717, 1.165) is 0 Å². The van der Waals surface area contributed by atoms with E-state index in [4.69, 9.17) is 0 Å². The van der Waals surface area contributed by atoms with Gasteiger partial charge in [0.2, 0.25) is 0 Å². The minimum Gasteiger partial charge on any atom is -0.209 e. The van der Waals surface area contributed by atoms with Crippen molar-refractivity contribution >= 4 is 15.9 Å². The summed E-state index contributed by atoms with van der Waals surface area (Å²) in [5.41, 5.74) is 0. The van der Waals surface area contributed by atoms with Crippen molar-refractivity contribution in [1.29, 1.82) is 0 Å². The minimum absolute atomic E-state index is 0.919. The molecular weight excluding hydrogens is 154 g/mol. The van der Waals surface area contributed by atoms with Crippen molar-refractivity contribution in [2.75, 3.05) is 0 Å². The van der Waals surface area contributed by atoms with E-state index in [2.05, 4.69) is 22.9 Å².